The van der Waals surface area contributed by atoms with Crippen molar-refractivity contribution in [3.05, 3.63) is 94.5 Å². The number of aromatic amines is 1. The van der Waals surface area contributed by atoms with Gasteiger partial charge >= 0.3 is 0 Å². The second-order valence-electron chi connectivity index (χ2n) is 7.76. The van der Waals surface area contributed by atoms with Crippen LogP contribution in [0.5, 0.6) is 11.5 Å². The molecule has 1 aliphatic rings. The summed E-state index contributed by atoms with van der Waals surface area (Å²) >= 11 is 1.48. The van der Waals surface area contributed by atoms with Crippen LogP contribution in [0, 0.1) is 0 Å². The monoisotopic (exact) mass is 469 g/mol. The van der Waals surface area contributed by atoms with E-state index < -0.39 is 0 Å². The molecule has 0 aliphatic carbocycles. The number of H-pyrrole nitrogens is 1. The van der Waals surface area contributed by atoms with Gasteiger partial charge in [0.1, 0.15) is 5.82 Å². The largest absolute Gasteiger partial charge is 0.454 e. The van der Waals surface area contributed by atoms with Crippen LogP contribution in [0.25, 0.3) is 22.3 Å². The highest BCUT2D eigenvalue weighted by Crippen LogP contribution is 2.34. The molecule has 34 heavy (non-hydrogen) atoms. The Labute approximate surface area is 198 Å². The van der Waals surface area contributed by atoms with E-state index in [0.29, 0.717) is 29.0 Å². The Balaban J connectivity index is 1.33. The first-order valence-corrected chi connectivity index (χ1v) is 11.7. The molecule has 0 unspecified atom stereocenters. The van der Waals surface area contributed by atoms with Crippen molar-refractivity contribution in [2.45, 2.75) is 17.5 Å². The molecule has 5 aromatic rings. The maximum absolute atomic E-state index is 12.4. The number of nitrogens with zero attached hydrogens (tertiary/aromatic N) is 4. The van der Waals surface area contributed by atoms with Gasteiger partial charge in [-0.1, -0.05) is 60.3 Å². The van der Waals surface area contributed by atoms with Crippen molar-refractivity contribution in [2.24, 2.45) is 0 Å². The summed E-state index contributed by atoms with van der Waals surface area (Å²) < 4.78 is 13.1. The molecule has 1 aliphatic heterocycles. The fourth-order valence-corrected chi connectivity index (χ4v) is 4.70. The molecule has 168 valence electrons. The van der Waals surface area contributed by atoms with Gasteiger partial charge in [0, 0.05) is 5.56 Å². The number of hydrogen-bond acceptors (Lipinski definition) is 7. The summed E-state index contributed by atoms with van der Waals surface area (Å²) in [5, 5.41) is 10.2. The number of fused-ring (bicyclic) bond motifs is 2. The minimum absolute atomic E-state index is 0.145. The standard InChI is InChI=1S/C25H19N5O3S/c31-24-18-8-4-5-9-19(18)26-22(27-24)14-34-25-29-28-23(17-6-2-1-3-7-17)30(25)13-16-10-11-20-21(12-16)33-15-32-20/h1-12H,13-15H2,(H,26,27,31). The minimum Gasteiger partial charge on any atom is -0.454 e. The highest BCUT2D eigenvalue weighted by molar-refractivity contribution is 7.98. The molecule has 8 nitrogen and oxygen atoms in total. The molecular weight excluding hydrogens is 450 g/mol. The topological polar surface area (TPSA) is 94.9 Å². The van der Waals surface area contributed by atoms with E-state index >= 15 is 0 Å². The third-order valence-electron chi connectivity index (χ3n) is 5.53. The lowest BCUT2D eigenvalue weighted by Gasteiger charge is -2.11. The number of hydrogen-bond donors (Lipinski definition) is 1. The van der Waals surface area contributed by atoms with E-state index in [1.807, 2.05) is 66.7 Å². The van der Waals surface area contributed by atoms with Crippen molar-refractivity contribution in [2.75, 3.05) is 6.79 Å². The van der Waals surface area contributed by atoms with E-state index in [-0.39, 0.29) is 12.4 Å². The van der Waals surface area contributed by atoms with E-state index in [4.69, 9.17) is 9.47 Å². The molecule has 2 aromatic heterocycles. The van der Waals surface area contributed by atoms with Gasteiger partial charge < -0.3 is 14.5 Å². The Morgan fingerprint density at radius 2 is 1.76 bits per heavy atom. The summed E-state index contributed by atoms with van der Waals surface area (Å²) in [6.07, 6.45) is 0. The molecule has 0 atom stereocenters. The van der Waals surface area contributed by atoms with Crippen LogP contribution in [0.3, 0.4) is 0 Å². The summed E-state index contributed by atoms with van der Waals surface area (Å²) in [6.45, 7) is 0.788. The van der Waals surface area contributed by atoms with Crippen LogP contribution in [-0.4, -0.2) is 31.5 Å². The van der Waals surface area contributed by atoms with Crippen molar-refractivity contribution in [3.8, 4) is 22.9 Å². The molecule has 0 radical (unpaired) electrons. The van der Waals surface area contributed by atoms with Crippen LogP contribution in [0.4, 0.5) is 0 Å². The molecule has 0 bridgehead atoms. The number of aromatic nitrogens is 5. The maximum Gasteiger partial charge on any atom is 0.258 e. The summed E-state index contributed by atoms with van der Waals surface area (Å²) in [5.41, 5.74) is 2.54. The van der Waals surface area contributed by atoms with Crippen molar-refractivity contribution >= 4 is 22.7 Å². The number of ether oxygens (including phenoxy) is 2. The average molecular weight is 470 g/mol. The number of nitrogens with one attached hydrogen (secondary N) is 1. The first-order chi connectivity index (χ1) is 16.7. The van der Waals surface area contributed by atoms with Gasteiger partial charge in [-0.05, 0) is 29.8 Å². The van der Waals surface area contributed by atoms with Crippen LogP contribution in [0.2, 0.25) is 0 Å². The highest BCUT2D eigenvalue weighted by atomic mass is 32.2. The number of benzene rings is 3. The molecule has 0 fully saturated rings. The summed E-state index contributed by atoms with van der Waals surface area (Å²) in [4.78, 5) is 19.9. The minimum atomic E-state index is -0.145. The van der Waals surface area contributed by atoms with Gasteiger partial charge in [0.2, 0.25) is 6.79 Å². The Bertz CT molecular complexity index is 1550. The smallest absolute Gasteiger partial charge is 0.258 e. The number of para-hydroxylation sites is 1. The molecule has 9 heteroatoms. The Kier molecular flexibility index (Phi) is 5.23. The quantitative estimate of drug-likeness (QED) is 0.372. The molecule has 1 N–H and O–H groups in total. The van der Waals surface area contributed by atoms with Crippen LogP contribution in [0.15, 0.2) is 82.7 Å². The third-order valence-corrected chi connectivity index (χ3v) is 6.50. The predicted molar refractivity (Wildman–Crippen MR) is 129 cm³/mol. The number of thioether (sulfide) groups is 1. The summed E-state index contributed by atoms with van der Waals surface area (Å²) in [7, 11) is 0. The van der Waals surface area contributed by atoms with E-state index in [1.165, 1.54) is 11.8 Å². The third kappa shape index (κ3) is 3.90. The van der Waals surface area contributed by atoms with E-state index in [9.17, 15) is 4.79 Å². The van der Waals surface area contributed by atoms with Crippen LogP contribution in [-0.2, 0) is 12.3 Å². The molecule has 0 saturated heterocycles. The van der Waals surface area contributed by atoms with Crippen molar-refractivity contribution in [3.63, 3.8) is 0 Å². The fourth-order valence-electron chi connectivity index (χ4n) is 3.90. The summed E-state index contributed by atoms with van der Waals surface area (Å²) in [6, 6.07) is 23.2. The second-order valence-corrected chi connectivity index (χ2v) is 8.71. The van der Waals surface area contributed by atoms with Gasteiger partial charge in [-0.2, -0.15) is 0 Å². The zero-order valence-electron chi connectivity index (χ0n) is 18.0. The lowest BCUT2D eigenvalue weighted by molar-refractivity contribution is 0.174. The van der Waals surface area contributed by atoms with Crippen LogP contribution >= 0.6 is 11.8 Å². The van der Waals surface area contributed by atoms with Crippen molar-refractivity contribution < 1.29 is 9.47 Å². The van der Waals surface area contributed by atoms with Gasteiger partial charge in [-0.15, -0.1) is 10.2 Å². The Morgan fingerprint density at radius 1 is 0.941 bits per heavy atom. The molecule has 3 aromatic carbocycles. The lowest BCUT2D eigenvalue weighted by atomic mass is 10.2. The van der Waals surface area contributed by atoms with Gasteiger partial charge in [-0.3, -0.25) is 9.36 Å². The normalized spacial score (nSPS) is 12.4. The van der Waals surface area contributed by atoms with Gasteiger partial charge in [-0.25, -0.2) is 4.98 Å². The van der Waals surface area contributed by atoms with Crippen LogP contribution < -0.4 is 15.0 Å². The predicted octanol–water partition coefficient (Wildman–Crippen LogP) is 4.25. The SMILES string of the molecule is O=c1[nH]c(CSc2nnc(-c3ccccc3)n2Cc2ccc3c(c2)OCO3)nc2ccccc12. The first-order valence-electron chi connectivity index (χ1n) is 10.7. The van der Waals surface area contributed by atoms with Crippen LogP contribution in [0.1, 0.15) is 11.4 Å². The van der Waals surface area contributed by atoms with Crippen molar-refractivity contribution in [1.29, 1.82) is 0 Å². The van der Waals surface area contributed by atoms with E-state index in [0.717, 1.165) is 33.6 Å². The zero-order chi connectivity index (χ0) is 22.9. The molecule has 6 rings (SSSR count). The van der Waals surface area contributed by atoms with Gasteiger partial charge in [0.05, 0.1) is 23.2 Å². The fraction of sp³-hybridized carbons (Fsp3) is 0.120. The highest BCUT2D eigenvalue weighted by Gasteiger charge is 2.18. The van der Waals surface area contributed by atoms with Gasteiger partial charge in [0.15, 0.2) is 22.5 Å². The molecule has 0 spiro atoms. The Morgan fingerprint density at radius 3 is 2.68 bits per heavy atom. The molecular formula is C25H19N5O3S. The van der Waals surface area contributed by atoms with Gasteiger partial charge in [0.25, 0.3) is 5.56 Å². The zero-order valence-corrected chi connectivity index (χ0v) is 18.8. The lowest BCUT2D eigenvalue weighted by Crippen LogP contribution is -2.11. The maximum atomic E-state index is 12.4. The molecule has 0 amide bonds. The van der Waals surface area contributed by atoms with Crippen molar-refractivity contribution in [1.82, 2.24) is 24.7 Å². The summed E-state index contributed by atoms with van der Waals surface area (Å²) in [5.74, 6) is 3.29. The first kappa shape index (κ1) is 20.5. The number of rotatable bonds is 6. The average Bonchev–Trinajstić information content (AvgIpc) is 3.50. The van der Waals surface area contributed by atoms with E-state index in [2.05, 4.69) is 24.7 Å². The Hall–Kier alpha value is -4.11. The van der Waals surface area contributed by atoms with E-state index in [1.54, 1.807) is 6.07 Å². The second kappa shape index (κ2) is 8.68. The molecule has 0 saturated carbocycles. The molecule has 3 heterocycles.